The summed E-state index contributed by atoms with van der Waals surface area (Å²) in [5.41, 5.74) is 5.14. The molecule has 1 aliphatic carbocycles. The van der Waals surface area contributed by atoms with Crippen molar-refractivity contribution in [3.8, 4) is 11.1 Å². The molecule has 2 amide bonds. The van der Waals surface area contributed by atoms with Gasteiger partial charge in [0.1, 0.15) is 18.2 Å². The molecule has 0 aliphatic heterocycles. The normalized spacial score (nSPS) is 12.0. The summed E-state index contributed by atoms with van der Waals surface area (Å²) < 4.78 is 5.49. The molecule has 0 radical (unpaired) electrons. The SMILES string of the molecule is O=C(O)CNC(=O)Cc1csc(CNC(=O)OCC2c3ccccc3-c3ccccc32)n1. The molecule has 0 unspecified atom stereocenters. The summed E-state index contributed by atoms with van der Waals surface area (Å²) >= 11 is 1.30. The zero-order valence-electron chi connectivity index (χ0n) is 17.0. The molecule has 0 bridgehead atoms. The van der Waals surface area contributed by atoms with Crippen LogP contribution in [0.3, 0.4) is 0 Å². The van der Waals surface area contributed by atoms with E-state index in [2.05, 4.69) is 39.9 Å². The van der Waals surface area contributed by atoms with E-state index >= 15 is 0 Å². The highest BCUT2D eigenvalue weighted by Gasteiger charge is 2.28. The van der Waals surface area contributed by atoms with Gasteiger partial charge in [-0.1, -0.05) is 48.5 Å². The topological polar surface area (TPSA) is 118 Å². The minimum absolute atomic E-state index is 0.0102. The molecule has 8 nitrogen and oxygen atoms in total. The average molecular weight is 452 g/mol. The third-order valence-corrected chi connectivity index (χ3v) is 6.00. The summed E-state index contributed by atoms with van der Waals surface area (Å²) in [7, 11) is 0. The summed E-state index contributed by atoms with van der Waals surface area (Å²) in [5, 5.41) is 15.9. The number of benzene rings is 2. The van der Waals surface area contributed by atoms with Crippen LogP contribution in [-0.4, -0.2) is 41.2 Å². The Morgan fingerprint density at radius 1 is 1.00 bits per heavy atom. The van der Waals surface area contributed by atoms with Crippen LogP contribution in [0.25, 0.3) is 11.1 Å². The van der Waals surface area contributed by atoms with E-state index in [1.807, 2.05) is 24.3 Å². The number of carboxylic acid groups (broad SMARTS) is 1. The van der Waals surface area contributed by atoms with Gasteiger partial charge in [0, 0.05) is 11.3 Å². The van der Waals surface area contributed by atoms with Gasteiger partial charge in [0.2, 0.25) is 5.91 Å². The molecule has 0 saturated heterocycles. The van der Waals surface area contributed by atoms with Crippen LogP contribution in [0.5, 0.6) is 0 Å². The molecule has 1 aliphatic rings. The number of nitrogens with one attached hydrogen (secondary N) is 2. The minimum atomic E-state index is -1.11. The molecule has 2 aromatic carbocycles. The Balaban J connectivity index is 1.28. The molecule has 32 heavy (non-hydrogen) atoms. The second kappa shape index (κ2) is 9.61. The molecule has 1 aromatic heterocycles. The Hall–Kier alpha value is -3.72. The summed E-state index contributed by atoms with van der Waals surface area (Å²) in [6, 6.07) is 16.3. The predicted molar refractivity (Wildman–Crippen MR) is 118 cm³/mol. The van der Waals surface area contributed by atoms with E-state index in [0.717, 1.165) is 11.1 Å². The van der Waals surface area contributed by atoms with Gasteiger partial charge in [-0.05, 0) is 22.3 Å². The number of nitrogens with zero attached hydrogens (tertiary/aromatic N) is 1. The number of carboxylic acids is 1. The Bertz CT molecular complexity index is 1110. The number of carbonyl (C=O) groups is 3. The van der Waals surface area contributed by atoms with E-state index in [1.54, 1.807) is 5.38 Å². The quantitative estimate of drug-likeness (QED) is 0.485. The molecule has 0 atom stereocenters. The first-order valence-electron chi connectivity index (χ1n) is 10.0. The summed E-state index contributed by atoms with van der Waals surface area (Å²) in [6.07, 6.45) is -0.558. The van der Waals surface area contributed by atoms with E-state index in [9.17, 15) is 14.4 Å². The number of rotatable bonds is 8. The van der Waals surface area contributed by atoms with Gasteiger partial charge in [0.05, 0.1) is 18.7 Å². The van der Waals surface area contributed by atoms with Crippen molar-refractivity contribution in [2.75, 3.05) is 13.2 Å². The van der Waals surface area contributed by atoms with Crippen molar-refractivity contribution in [2.24, 2.45) is 0 Å². The van der Waals surface area contributed by atoms with Crippen molar-refractivity contribution in [3.05, 3.63) is 75.7 Å². The Morgan fingerprint density at radius 2 is 1.66 bits per heavy atom. The van der Waals surface area contributed by atoms with E-state index in [-0.39, 0.29) is 25.5 Å². The fourth-order valence-electron chi connectivity index (χ4n) is 3.71. The molecule has 3 aromatic rings. The smallest absolute Gasteiger partial charge is 0.407 e. The number of hydrogen-bond acceptors (Lipinski definition) is 6. The molecule has 3 N–H and O–H groups in total. The maximum Gasteiger partial charge on any atom is 0.407 e. The fourth-order valence-corrected chi connectivity index (χ4v) is 4.44. The number of fused-ring (bicyclic) bond motifs is 3. The maximum atomic E-state index is 12.3. The van der Waals surface area contributed by atoms with Gasteiger partial charge in [0.25, 0.3) is 0 Å². The van der Waals surface area contributed by atoms with Crippen LogP contribution in [0.4, 0.5) is 4.79 Å². The summed E-state index contributed by atoms with van der Waals surface area (Å²) in [4.78, 5) is 38.7. The highest BCUT2D eigenvalue weighted by atomic mass is 32.1. The molecule has 164 valence electrons. The Kier molecular flexibility index (Phi) is 6.46. The number of aliphatic carboxylic acids is 1. The first kappa shape index (κ1) is 21.5. The standard InChI is InChI=1S/C23H21N3O5S/c27-20(24-11-22(28)29)9-14-13-32-21(26-14)10-25-23(30)31-12-19-17-7-3-1-5-15(17)16-6-2-4-8-18(16)19/h1-8,13,19H,9-12H2,(H,24,27)(H,25,30)(H,28,29). The zero-order chi connectivity index (χ0) is 22.5. The van der Waals surface area contributed by atoms with Gasteiger partial charge in [-0.2, -0.15) is 0 Å². The monoisotopic (exact) mass is 451 g/mol. The highest BCUT2D eigenvalue weighted by molar-refractivity contribution is 7.09. The molecule has 0 fully saturated rings. The number of hydrogen-bond donors (Lipinski definition) is 3. The third kappa shape index (κ3) is 4.94. The van der Waals surface area contributed by atoms with Gasteiger partial charge >= 0.3 is 12.1 Å². The predicted octanol–water partition coefficient (Wildman–Crippen LogP) is 2.93. The molecule has 0 saturated carbocycles. The lowest BCUT2D eigenvalue weighted by molar-refractivity contribution is -0.137. The number of ether oxygens (including phenoxy) is 1. The Labute approximate surface area is 188 Å². The van der Waals surface area contributed by atoms with Crippen molar-refractivity contribution < 1.29 is 24.2 Å². The highest BCUT2D eigenvalue weighted by Crippen LogP contribution is 2.44. The van der Waals surface area contributed by atoms with Crippen LogP contribution in [0, 0.1) is 0 Å². The number of thiazole rings is 1. The average Bonchev–Trinajstić information content (AvgIpc) is 3.37. The van der Waals surface area contributed by atoms with Crippen LogP contribution in [0.15, 0.2) is 53.9 Å². The number of aromatic nitrogens is 1. The van der Waals surface area contributed by atoms with Gasteiger partial charge < -0.3 is 20.5 Å². The first-order valence-corrected chi connectivity index (χ1v) is 10.9. The zero-order valence-corrected chi connectivity index (χ0v) is 17.9. The molecule has 4 rings (SSSR count). The van der Waals surface area contributed by atoms with Crippen molar-refractivity contribution >= 4 is 29.3 Å². The van der Waals surface area contributed by atoms with Gasteiger partial charge in [-0.15, -0.1) is 11.3 Å². The van der Waals surface area contributed by atoms with Crippen molar-refractivity contribution in [1.29, 1.82) is 0 Å². The lowest BCUT2D eigenvalue weighted by Gasteiger charge is -2.14. The molecule has 1 heterocycles. The number of carbonyl (C=O) groups excluding carboxylic acids is 2. The van der Waals surface area contributed by atoms with Crippen LogP contribution >= 0.6 is 11.3 Å². The summed E-state index contributed by atoms with van der Waals surface area (Å²) in [6.45, 7) is -0.0238. The summed E-state index contributed by atoms with van der Waals surface area (Å²) in [5.74, 6) is -1.54. The van der Waals surface area contributed by atoms with Gasteiger partial charge in [-0.3, -0.25) is 9.59 Å². The van der Waals surface area contributed by atoms with Crippen molar-refractivity contribution in [1.82, 2.24) is 15.6 Å². The van der Waals surface area contributed by atoms with E-state index < -0.39 is 24.5 Å². The van der Waals surface area contributed by atoms with Crippen LogP contribution < -0.4 is 10.6 Å². The minimum Gasteiger partial charge on any atom is -0.480 e. The lowest BCUT2D eigenvalue weighted by Crippen LogP contribution is -2.30. The van der Waals surface area contributed by atoms with E-state index in [1.165, 1.54) is 22.5 Å². The fraction of sp³-hybridized carbons (Fsp3) is 0.217. The van der Waals surface area contributed by atoms with E-state index in [4.69, 9.17) is 9.84 Å². The third-order valence-electron chi connectivity index (χ3n) is 5.11. The Morgan fingerprint density at radius 3 is 2.31 bits per heavy atom. The lowest BCUT2D eigenvalue weighted by atomic mass is 9.98. The maximum absolute atomic E-state index is 12.3. The van der Waals surface area contributed by atoms with Crippen LogP contribution in [0.2, 0.25) is 0 Å². The molecular formula is C23H21N3O5S. The van der Waals surface area contributed by atoms with Gasteiger partial charge in [-0.25, -0.2) is 9.78 Å². The van der Waals surface area contributed by atoms with Crippen molar-refractivity contribution in [3.63, 3.8) is 0 Å². The second-order valence-corrected chi connectivity index (χ2v) is 8.20. The number of amides is 2. The molecule has 9 heteroatoms. The second-order valence-electron chi connectivity index (χ2n) is 7.26. The molecule has 0 spiro atoms. The van der Waals surface area contributed by atoms with Crippen molar-refractivity contribution in [2.45, 2.75) is 18.9 Å². The van der Waals surface area contributed by atoms with Crippen LogP contribution in [0.1, 0.15) is 27.7 Å². The van der Waals surface area contributed by atoms with Crippen LogP contribution in [-0.2, 0) is 27.3 Å². The largest absolute Gasteiger partial charge is 0.480 e. The molecular weight excluding hydrogens is 430 g/mol. The van der Waals surface area contributed by atoms with Gasteiger partial charge in [0.15, 0.2) is 0 Å². The number of alkyl carbamates (subject to hydrolysis) is 1. The van der Waals surface area contributed by atoms with E-state index in [0.29, 0.717) is 10.7 Å². The first-order chi connectivity index (χ1) is 15.5.